The molecule has 1 amide bonds. The molecule has 0 aliphatic carbocycles. The average Bonchev–Trinajstić information content (AvgIpc) is 3.17. The maximum Gasteiger partial charge on any atom is 0.254 e. The largest absolute Gasteiger partial charge is 0.495 e. The number of rotatable bonds is 3. The third-order valence-electron chi connectivity index (χ3n) is 3.98. The minimum Gasteiger partial charge on any atom is -0.495 e. The van der Waals surface area contributed by atoms with E-state index in [0.717, 1.165) is 25.1 Å². The van der Waals surface area contributed by atoms with E-state index >= 15 is 0 Å². The van der Waals surface area contributed by atoms with Crippen molar-refractivity contribution < 1.29 is 9.53 Å². The molecule has 3 rings (SSSR count). The zero-order chi connectivity index (χ0) is 14.8. The SMILES string of the molecule is COc1cc(C(=O)N2CCCC2c2ccc[nH]2)ccc1N. The number of hydrogen-bond acceptors (Lipinski definition) is 3. The normalized spacial score (nSPS) is 18.0. The summed E-state index contributed by atoms with van der Waals surface area (Å²) >= 11 is 0. The summed E-state index contributed by atoms with van der Waals surface area (Å²) in [7, 11) is 1.55. The average molecular weight is 285 g/mol. The maximum atomic E-state index is 12.7. The number of benzene rings is 1. The Morgan fingerprint density at radius 2 is 2.29 bits per heavy atom. The second-order valence-corrected chi connectivity index (χ2v) is 5.24. The standard InChI is InChI=1S/C16H19N3O2/c1-21-15-10-11(6-7-12(15)17)16(20)19-9-3-5-14(19)13-4-2-8-18-13/h2,4,6-8,10,14,18H,3,5,9,17H2,1H3. The van der Waals surface area contributed by atoms with Crippen molar-refractivity contribution in [3.05, 3.63) is 47.8 Å². The predicted molar refractivity (Wildman–Crippen MR) is 81.2 cm³/mol. The molecule has 5 heteroatoms. The number of nitrogens with zero attached hydrogens (tertiary/aromatic N) is 1. The fraction of sp³-hybridized carbons (Fsp3) is 0.312. The molecular formula is C16H19N3O2. The molecule has 0 spiro atoms. The van der Waals surface area contributed by atoms with Crippen molar-refractivity contribution in [3.63, 3.8) is 0 Å². The number of ether oxygens (including phenoxy) is 1. The Labute approximate surface area is 123 Å². The van der Waals surface area contributed by atoms with Gasteiger partial charge in [0.05, 0.1) is 18.8 Å². The fourth-order valence-electron chi connectivity index (χ4n) is 2.89. The van der Waals surface area contributed by atoms with Crippen molar-refractivity contribution in [2.75, 3.05) is 19.4 Å². The van der Waals surface area contributed by atoms with E-state index in [1.54, 1.807) is 25.3 Å². The predicted octanol–water partition coefficient (Wildman–Crippen LogP) is 2.58. The van der Waals surface area contributed by atoms with Gasteiger partial charge in [-0.1, -0.05) is 0 Å². The Hall–Kier alpha value is -2.43. The monoisotopic (exact) mass is 285 g/mol. The number of H-pyrrole nitrogens is 1. The van der Waals surface area contributed by atoms with Gasteiger partial charge in [0.15, 0.2) is 0 Å². The lowest BCUT2D eigenvalue weighted by atomic mass is 10.1. The van der Waals surface area contributed by atoms with Crippen molar-refractivity contribution >= 4 is 11.6 Å². The summed E-state index contributed by atoms with van der Waals surface area (Å²) in [5, 5.41) is 0. The first-order chi connectivity index (χ1) is 10.2. The molecule has 21 heavy (non-hydrogen) atoms. The highest BCUT2D eigenvalue weighted by Crippen LogP contribution is 2.33. The Bertz CT molecular complexity index is 637. The molecule has 1 aromatic carbocycles. The van der Waals surface area contributed by atoms with Crippen molar-refractivity contribution in [1.82, 2.24) is 9.88 Å². The highest BCUT2D eigenvalue weighted by molar-refractivity contribution is 5.95. The van der Waals surface area contributed by atoms with Gasteiger partial charge in [0.25, 0.3) is 5.91 Å². The van der Waals surface area contributed by atoms with Gasteiger partial charge in [-0.15, -0.1) is 0 Å². The Morgan fingerprint density at radius 1 is 1.43 bits per heavy atom. The minimum absolute atomic E-state index is 0.0189. The number of methoxy groups -OCH3 is 1. The molecule has 0 radical (unpaired) electrons. The van der Waals surface area contributed by atoms with Crippen LogP contribution in [0.4, 0.5) is 5.69 Å². The van der Waals surface area contributed by atoms with Crippen molar-refractivity contribution in [2.24, 2.45) is 0 Å². The van der Waals surface area contributed by atoms with Crippen LogP contribution in [-0.2, 0) is 0 Å². The van der Waals surface area contributed by atoms with Gasteiger partial charge in [-0.2, -0.15) is 0 Å². The van der Waals surface area contributed by atoms with E-state index in [-0.39, 0.29) is 11.9 Å². The molecule has 5 nitrogen and oxygen atoms in total. The highest BCUT2D eigenvalue weighted by Gasteiger charge is 2.31. The molecule has 1 unspecified atom stereocenters. The van der Waals surface area contributed by atoms with Gasteiger partial charge in [0.1, 0.15) is 5.75 Å². The van der Waals surface area contributed by atoms with E-state index in [0.29, 0.717) is 17.0 Å². The van der Waals surface area contributed by atoms with E-state index < -0.39 is 0 Å². The summed E-state index contributed by atoms with van der Waals surface area (Å²) in [5.74, 6) is 0.557. The van der Waals surface area contributed by atoms with Crippen LogP contribution in [0.15, 0.2) is 36.5 Å². The highest BCUT2D eigenvalue weighted by atomic mass is 16.5. The number of anilines is 1. The quantitative estimate of drug-likeness (QED) is 0.851. The summed E-state index contributed by atoms with van der Waals surface area (Å²) in [4.78, 5) is 17.9. The van der Waals surface area contributed by atoms with Gasteiger partial charge in [0, 0.05) is 24.0 Å². The number of nitrogens with two attached hydrogens (primary N) is 1. The summed E-state index contributed by atoms with van der Waals surface area (Å²) in [6, 6.07) is 9.29. The summed E-state index contributed by atoms with van der Waals surface area (Å²) in [6.07, 6.45) is 3.89. The molecule has 1 aliphatic rings. The van der Waals surface area contributed by atoms with Crippen LogP contribution >= 0.6 is 0 Å². The number of nitrogen functional groups attached to an aromatic ring is 1. The zero-order valence-electron chi connectivity index (χ0n) is 12.0. The van der Waals surface area contributed by atoms with Crippen LogP contribution < -0.4 is 10.5 Å². The van der Waals surface area contributed by atoms with Gasteiger partial charge >= 0.3 is 0 Å². The smallest absolute Gasteiger partial charge is 0.254 e. The molecule has 0 bridgehead atoms. The summed E-state index contributed by atoms with van der Waals surface area (Å²) in [6.45, 7) is 0.773. The van der Waals surface area contributed by atoms with E-state index in [4.69, 9.17) is 10.5 Å². The lowest BCUT2D eigenvalue weighted by Crippen LogP contribution is -2.30. The molecule has 1 atom stereocenters. The Morgan fingerprint density at radius 3 is 3.00 bits per heavy atom. The molecule has 1 aromatic heterocycles. The van der Waals surface area contributed by atoms with Crippen LogP contribution in [0.3, 0.4) is 0 Å². The summed E-state index contributed by atoms with van der Waals surface area (Å²) in [5.41, 5.74) is 8.04. The summed E-state index contributed by atoms with van der Waals surface area (Å²) < 4.78 is 5.20. The first kappa shape index (κ1) is 13.5. The zero-order valence-corrected chi connectivity index (χ0v) is 12.0. The molecule has 1 aliphatic heterocycles. The first-order valence-corrected chi connectivity index (χ1v) is 7.08. The second kappa shape index (κ2) is 5.52. The Kier molecular flexibility index (Phi) is 3.56. The number of carbonyl (C=O) groups is 1. The number of aromatic nitrogens is 1. The Balaban J connectivity index is 1.87. The topological polar surface area (TPSA) is 71.3 Å². The van der Waals surface area contributed by atoms with Gasteiger partial charge in [-0.3, -0.25) is 4.79 Å². The van der Waals surface area contributed by atoms with Crippen LogP contribution in [-0.4, -0.2) is 29.4 Å². The van der Waals surface area contributed by atoms with Crippen LogP contribution in [0.25, 0.3) is 0 Å². The van der Waals surface area contributed by atoms with E-state index in [9.17, 15) is 4.79 Å². The van der Waals surface area contributed by atoms with Gasteiger partial charge < -0.3 is 20.4 Å². The van der Waals surface area contributed by atoms with E-state index in [1.165, 1.54) is 0 Å². The molecule has 3 N–H and O–H groups in total. The van der Waals surface area contributed by atoms with Crippen LogP contribution in [0, 0.1) is 0 Å². The molecular weight excluding hydrogens is 266 g/mol. The third kappa shape index (κ3) is 2.46. The van der Waals surface area contributed by atoms with Gasteiger partial charge in [-0.05, 0) is 43.2 Å². The maximum absolute atomic E-state index is 12.7. The molecule has 0 saturated carbocycles. The lowest BCUT2D eigenvalue weighted by molar-refractivity contribution is 0.0733. The number of carbonyl (C=O) groups excluding carboxylic acids is 1. The first-order valence-electron chi connectivity index (χ1n) is 7.08. The molecule has 1 saturated heterocycles. The second-order valence-electron chi connectivity index (χ2n) is 5.24. The number of hydrogen-bond donors (Lipinski definition) is 2. The molecule has 110 valence electrons. The molecule has 2 aromatic rings. The van der Waals surface area contributed by atoms with E-state index in [1.807, 2.05) is 23.2 Å². The van der Waals surface area contributed by atoms with Gasteiger partial charge in [0.2, 0.25) is 0 Å². The van der Waals surface area contributed by atoms with Crippen LogP contribution in [0.5, 0.6) is 5.75 Å². The lowest BCUT2D eigenvalue weighted by Gasteiger charge is -2.24. The number of likely N-dealkylation sites (tertiary alicyclic amines) is 1. The minimum atomic E-state index is 0.0189. The van der Waals surface area contributed by atoms with Crippen molar-refractivity contribution in [3.8, 4) is 5.75 Å². The number of nitrogens with one attached hydrogen (secondary N) is 1. The number of aromatic amines is 1. The number of amides is 1. The fourth-order valence-corrected chi connectivity index (χ4v) is 2.89. The molecule has 1 fully saturated rings. The van der Waals surface area contributed by atoms with E-state index in [2.05, 4.69) is 4.98 Å². The van der Waals surface area contributed by atoms with Crippen molar-refractivity contribution in [2.45, 2.75) is 18.9 Å². The third-order valence-corrected chi connectivity index (χ3v) is 3.98. The van der Waals surface area contributed by atoms with Crippen LogP contribution in [0.1, 0.15) is 34.9 Å². The van der Waals surface area contributed by atoms with Gasteiger partial charge in [-0.25, -0.2) is 0 Å². The van der Waals surface area contributed by atoms with Crippen molar-refractivity contribution in [1.29, 1.82) is 0 Å². The van der Waals surface area contributed by atoms with Crippen LogP contribution in [0.2, 0.25) is 0 Å². The molecule has 2 heterocycles.